The first-order valence-electron chi connectivity index (χ1n) is 6.35. The number of aryl methyl sites for hydroxylation is 1. The van der Waals surface area contributed by atoms with Gasteiger partial charge in [0.2, 0.25) is 0 Å². The van der Waals surface area contributed by atoms with Crippen LogP contribution in [-0.2, 0) is 11.3 Å². The Morgan fingerprint density at radius 1 is 1.53 bits per heavy atom. The number of hydrogen-bond donors (Lipinski definition) is 1. The molecule has 1 aromatic heterocycles. The summed E-state index contributed by atoms with van der Waals surface area (Å²) in [5.41, 5.74) is 0.519. The van der Waals surface area contributed by atoms with Crippen molar-refractivity contribution in [3.63, 3.8) is 0 Å². The molecule has 0 aromatic carbocycles. The summed E-state index contributed by atoms with van der Waals surface area (Å²) < 4.78 is 1.78. The Labute approximate surface area is 116 Å². The number of carboxylic acids is 1. The predicted molar refractivity (Wildman–Crippen MR) is 71.4 cm³/mol. The summed E-state index contributed by atoms with van der Waals surface area (Å²) in [4.78, 5) is 25.2. The second kappa shape index (κ2) is 5.25. The molecule has 1 N–H and O–H groups in total. The van der Waals surface area contributed by atoms with E-state index in [-0.39, 0.29) is 11.9 Å². The van der Waals surface area contributed by atoms with Crippen LogP contribution in [0.4, 0.5) is 0 Å². The number of carbonyl (C=O) groups is 2. The number of carboxylic acid groups (broad SMARTS) is 1. The van der Waals surface area contributed by atoms with Gasteiger partial charge < -0.3 is 14.6 Å². The third-order valence-electron chi connectivity index (χ3n) is 3.76. The van der Waals surface area contributed by atoms with Crippen LogP contribution in [0.2, 0.25) is 5.02 Å². The molecule has 1 saturated heterocycles. The van der Waals surface area contributed by atoms with Crippen molar-refractivity contribution < 1.29 is 14.7 Å². The van der Waals surface area contributed by atoms with E-state index in [1.807, 2.05) is 6.92 Å². The third kappa shape index (κ3) is 2.47. The first-order chi connectivity index (χ1) is 8.95. The Kier molecular flexibility index (Phi) is 3.85. The Balaban J connectivity index is 2.23. The van der Waals surface area contributed by atoms with Crippen molar-refractivity contribution >= 4 is 23.5 Å². The van der Waals surface area contributed by atoms with Crippen LogP contribution in [0.3, 0.4) is 0 Å². The van der Waals surface area contributed by atoms with Gasteiger partial charge in [-0.25, -0.2) is 0 Å². The summed E-state index contributed by atoms with van der Waals surface area (Å²) >= 11 is 5.92. The van der Waals surface area contributed by atoms with Gasteiger partial charge in [-0.1, -0.05) is 11.6 Å². The molecule has 6 heteroatoms. The van der Waals surface area contributed by atoms with E-state index in [9.17, 15) is 9.59 Å². The lowest BCUT2D eigenvalue weighted by atomic mass is 10.0. The van der Waals surface area contributed by atoms with Crippen molar-refractivity contribution in [3.05, 3.63) is 23.0 Å². The van der Waals surface area contributed by atoms with Gasteiger partial charge in [0.25, 0.3) is 5.91 Å². The van der Waals surface area contributed by atoms with Crippen molar-refractivity contribution in [2.24, 2.45) is 5.92 Å². The molecule has 2 atom stereocenters. The fraction of sp³-hybridized carbons (Fsp3) is 0.538. The van der Waals surface area contributed by atoms with E-state index in [2.05, 4.69) is 0 Å². The summed E-state index contributed by atoms with van der Waals surface area (Å²) in [7, 11) is 0. The molecule has 1 fully saturated rings. The second-order valence-electron chi connectivity index (χ2n) is 4.80. The molecule has 0 bridgehead atoms. The van der Waals surface area contributed by atoms with Gasteiger partial charge in [0, 0.05) is 25.3 Å². The molecule has 1 aromatic rings. The molecule has 1 amide bonds. The molecular formula is C13H17ClN2O3. The zero-order valence-corrected chi connectivity index (χ0v) is 11.7. The van der Waals surface area contributed by atoms with Gasteiger partial charge in [-0.15, -0.1) is 0 Å². The number of rotatable bonds is 3. The summed E-state index contributed by atoms with van der Waals surface area (Å²) in [5, 5.41) is 9.61. The largest absolute Gasteiger partial charge is 0.481 e. The molecule has 0 aliphatic carbocycles. The summed E-state index contributed by atoms with van der Waals surface area (Å²) in [5.74, 6) is -1.47. The number of carbonyl (C=O) groups excluding carboxylic acids is 1. The molecule has 2 unspecified atom stereocenters. The highest BCUT2D eigenvalue weighted by Gasteiger charge is 2.39. The van der Waals surface area contributed by atoms with E-state index in [1.165, 1.54) is 0 Å². The van der Waals surface area contributed by atoms with Crippen molar-refractivity contribution in [2.45, 2.75) is 32.9 Å². The van der Waals surface area contributed by atoms with E-state index >= 15 is 0 Å². The molecule has 0 saturated carbocycles. The van der Waals surface area contributed by atoms with Crippen LogP contribution in [0.1, 0.15) is 30.8 Å². The average Bonchev–Trinajstić information content (AvgIpc) is 2.91. The van der Waals surface area contributed by atoms with Gasteiger partial charge in [-0.2, -0.15) is 0 Å². The second-order valence-corrected chi connectivity index (χ2v) is 5.24. The zero-order valence-electron chi connectivity index (χ0n) is 11.0. The highest BCUT2D eigenvalue weighted by atomic mass is 35.5. The lowest BCUT2D eigenvalue weighted by Gasteiger charge is -2.23. The lowest BCUT2D eigenvalue weighted by molar-refractivity contribution is -0.142. The standard InChI is InChI=1S/C13H17ClN2O3/c1-3-15-7-9(14)6-11(15)12(17)16-5-4-10(8(16)2)13(18)19/h6-8,10H,3-5H2,1-2H3,(H,18,19). The third-order valence-corrected chi connectivity index (χ3v) is 3.96. The highest BCUT2D eigenvalue weighted by Crippen LogP contribution is 2.27. The maximum Gasteiger partial charge on any atom is 0.308 e. The number of halogens is 1. The van der Waals surface area contributed by atoms with E-state index in [1.54, 1.807) is 28.7 Å². The minimum atomic E-state index is -0.841. The molecule has 2 heterocycles. The molecule has 2 rings (SSSR count). The maximum atomic E-state index is 12.5. The van der Waals surface area contributed by atoms with Crippen LogP contribution >= 0.6 is 11.6 Å². The van der Waals surface area contributed by atoms with Gasteiger partial charge in [-0.05, 0) is 26.3 Å². The number of likely N-dealkylation sites (tertiary alicyclic amines) is 1. The average molecular weight is 285 g/mol. The molecule has 0 radical (unpaired) electrons. The zero-order chi connectivity index (χ0) is 14.2. The van der Waals surface area contributed by atoms with Crippen LogP contribution in [0.5, 0.6) is 0 Å². The van der Waals surface area contributed by atoms with Gasteiger partial charge in [0.15, 0.2) is 0 Å². The van der Waals surface area contributed by atoms with Crippen molar-refractivity contribution in [2.75, 3.05) is 6.54 Å². The van der Waals surface area contributed by atoms with Crippen molar-refractivity contribution in [1.29, 1.82) is 0 Å². The highest BCUT2D eigenvalue weighted by molar-refractivity contribution is 6.31. The first-order valence-corrected chi connectivity index (χ1v) is 6.73. The Hall–Kier alpha value is -1.49. The Bertz CT molecular complexity index is 512. The first kappa shape index (κ1) is 13.9. The SMILES string of the molecule is CCn1cc(Cl)cc1C(=O)N1CCC(C(=O)O)C1C. The molecule has 5 nitrogen and oxygen atoms in total. The van der Waals surface area contributed by atoms with Gasteiger partial charge >= 0.3 is 5.97 Å². The summed E-state index contributed by atoms with van der Waals surface area (Å²) in [6.45, 7) is 4.84. The van der Waals surface area contributed by atoms with E-state index in [0.717, 1.165) is 0 Å². The van der Waals surface area contributed by atoms with E-state index in [4.69, 9.17) is 16.7 Å². The number of amides is 1. The quantitative estimate of drug-likeness (QED) is 0.924. The Morgan fingerprint density at radius 3 is 2.74 bits per heavy atom. The topological polar surface area (TPSA) is 62.5 Å². The number of hydrogen-bond acceptors (Lipinski definition) is 2. The van der Waals surface area contributed by atoms with Crippen LogP contribution in [0, 0.1) is 5.92 Å². The molecule has 19 heavy (non-hydrogen) atoms. The van der Waals surface area contributed by atoms with Crippen molar-refractivity contribution in [1.82, 2.24) is 9.47 Å². The maximum absolute atomic E-state index is 12.5. The molecule has 1 aliphatic rings. The normalized spacial score (nSPS) is 22.8. The monoisotopic (exact) mass is 284 g/mol. The van der Waals surface area contributed by atoms with Crippen LogP contribution in [0.15, 0.2) is 12.3 Å². The fourth-order valence-corrected chi connectivity index (χ4v) is 2.84. The van der Waals surface area contributed by atoms with Crippen LogP contribution in [0.25, 0.3) is 0 Å². The molecular weight excluding hydrogens is 268 g/mol. The minimum absolute atomic E-state index is 0.148. The Morgan fingerprint density at radius 2 is 2.21 bits per heavy atom. The fourth-order valence-electron chi connectivity index (χ4n) is 2.62. The van der Waals surface area contributed by atoms with Gasteiger partial charge in [0.05, 0.1) is 10.9 Å². The molecule has 0 spiro atoms. The smallest absolute Gasteiger partial charge is 0.308 e. The van der Waals surface area contributed by atoms with E-state index in [0.29, 0.717) is 30.2 Å². The predicted octanol–water partition coefficient (Wildman–Crippen LogP) is 2.10. The molecule has 104 valence electrons. The van der Waals surface area contributed by atoms with E-state index < -0.39 is 11.9 Å². The number of aromatic nitrogens is 1. The number of nitrogens with zero attached hydrogens (tertiary/aromatic N) is 2. The summed E-state index contributed by atoms with van der Waals surface area (Å²) in [6.07, 6.45) is 2.22. The van der Waals surface area contributed by atoms with Crippen molar-refractivity contribution in [3.8, 4) is 0 Å². The lowest BCUT2D eigenvalue weighted by Crippen LogP contribution is -2.38. The molecule has 1 aliphatic heterocycles. The van der Waals surface area contributed by atoms with Crippen LogP contribution in [-0.4, -0.2) is 39.0 Å². The van der Waals surface area contributed by atoms with Gasteiger partial charge in [0.1, 0.15) is 5.69 Å². The van der Waals surface area contributed by atoms with Crippen LogP contribution < -0.4 is 0 Å². The van der Waals surface area contributed by atoms with Gasteiger partial charge in [-0.3, -0.25) is 9.59 Å². The minimum Gasteiger partial charge on any atom is -0.481 e. The number of aliphatic carboxylic acids is 1. The summed E-state index contributed by atoms with van der Waals surface area (Å²) in [6, 6.07) is 1.35.